The van der Waals surface area contributed by atoms with Crippen LogP contribution in [0.4, 0.5) is 0 Å². The Hall–Kier alpha value is -1.57. The predicted octanol–water partition coefficient (Wildman–Crippen LogP) is 4.81. The number of methoxy groups -OCH3 is 1. The summed E-state index contributed by atoms with van der Waals surface area (Å²) in [6.07, 6.45) is 8.45. The van der Waals surface area contributed by atoms with Gasteiger partial charge in [0.2, 0.25) is 5.91 Å². The van der Waals surface area contributed by atoms with Gasteiger partial charge in [0.05, 0.1) is 10.8 Å². The van der Waals surface area contributed by atoms with E-state index in [0.717, 1.165) is 40.7 Å². The molecule has 0 radical (unpaired) electrons. The van der Waals surface area contributed by atoms with Crippen molar-refractivity contribution in [2.24, 2.45) is 17.8 Å². The Labute approximate surface area is 198 Å². The molecule has 1 aromatic carbocycles. The molecule has 4 saturated carbocycles. The maximum Gasteiger partial charge on any atom is 0.230 e. The highest BCUT2D eigenvalue weighted by atomic mass is 35.5. The minimum Gasteiger partial charge on any atom is -0.385 e. The molecule has 6 nitrogen and oxygen atoms in total. The van der Waals surface area contributed by atoms with E-state index < -0.39 is 0 Å². The number of benzene rings is 1. The van der Waals surface area contributed by atoms with Crippen LogP contribution in [-0.2, 0) is 16.1 Å². The van der Waals surface area contributed by atoms with Crippen LogP contribution in [0.5, 0.6) is 0 Å². The average Bonchev–Trinajstić information content (AvgIpc) is 3.14. The summed E-state index contributed by atoms with van der Waals surface area (Å²) >= 11 is 7.88. The van der Waals surface area contributed by atoms with E-state index in [-0.39, 0.29) is 11.4 Å². The van der Waals surface area contributed by atoms with Gasteiger partial charge in [-0.3, -0.25) is 4.79 Å². The van der Waals surface area contributed by atoms with Crippen molar-refractivity contribution in [1.29, 1.82) is 0 Å². The molecule has 4 aliphatic carbocycles. The Bertz CT molecular complexity index is 943. The third-order valence-corrected chi connectivity index (χ3v) is 8.63. The standard InChI is InChI=1S/C24H31ClN4O2S/c1-31-8-4-7-29-22(19-5-2-3-6-20(19)25)27-28-23(29)32-15-21(30)26-24-12-16-9-17(13-24)11-18(10-16)14-24/h2-3,5-6,16-18H,4,7-15H2,1H3,(H,26,30). The van der Waals surface area contributed by atoms with Crippen LogP contribution >= 0.6 is 23.4 Å². The third-order valence-electron chi connectivity index (χ3n) is 7.34. The summed E-state index contributed by atoms with van der Waals surface area (Å²) in [5.74, 6) is 3.65. The Kier molecular flexibility index (Phi) is 6.50. The van der Waals surface area contributed by atoms with Gasteiger partial charge in [0.1, 0.15) is 0 Å². The smallest absolute Gasteiger partial charge is 0.230 e. The molecular weight excluding hydrogens is 444 g/mol. The van der Waals surface area contributed by atoms with E-state index in [1.54, 1.807) is 7.11 Å². The van der Waals surface area contributed by atoms with E-state index in [0.29, 0.717) is 23.9 Å². The molecule has 4 aliphatic rings. The van der Waals surface area contributed by atoms with Crippen LogP contribution in [0, 0.1) is 17.8 Å². The molecule has 1 heterocycles. The first-order valence-electron chi connectivity index (χ1n) is 11.7. The third kappa shape index (κ3) is 4.57. The molecule has 0 unspecified atom stereocenters. The van der Waals surface area contributed by atoms with Crippen LogP contribution < -0.4 is 5.32 Å². The number of halogens is 1. The summed E-state index contributed by atoms with van der Waals surface area (Å²) in [6, 6.07) is 7.66. The van der Waals surface area contributed by atoms with E-state index in [1.165, 1.54) is 50.3 Å². The SMILES string of the molecule is COCCCn1c(SCC(=O)NC23CC4CC(CC(C4)C2)C3)nnc1-c1ccccc1Cl. The van der Waals surface area contributed by atoms with E-state index in [4.69, 9.17) is 16.3 Å². The maximum absolute atomic E-state index is 13.0. The molecule has 0 spiro atoms. The van der Waals surface area contributed by atoms with Crippen molar-refractivity contribution in [2.75, 3.05) is 19.5 Å². The first-order chi connectivity index (χ1) is 15.5. The number of thioether (sulfide) groups is 1. The molecule has 8 heteroatoms. The summed E-state index contributed by atoms with van der Waals surface area (Å²) in [5, 5.41) is 13.7. The molecule has 172 valence electrons. The second-order valence-electron chi connectivity index (χ2n) is 9.82. The second kappa shape index (κ2) is 9.35. The summed E-state index contributed by atoms with van der Waals surface area (Å²) < 4.78 is 7.29. The Balaban J connectivity index is 1.27. The van der Waals surface area contributed by atoms with Crippen molar-refractivity contribution < 1.29 is 9.53 Å². The van der Waals surface area contributed by atoms with Gasteiger partial charge in [-0.05, 0) is 74.8 Å². The molecule has 6 rings (SSSR count). The zero-order valence-corrected chi connectivity index (χ0v) is 20.1. The van der Waals surface area contributed by atoms with E-state index in [1.807, 2.05) is 24.3 Å². The summed E-state index contributed by atoms with van der Waals surface area (Å²) in [7, 11) is 1.70. The van der Waals surface area contributed by atoms with Crippen molar-refractivity contribution in [3.05, 3.63) is 29.3 Å². The van der Waals surface area contributed by atoms with Gasteiger partial charge >= 0.3 is 0 Å². The normalized spacial score (nSPS) is 28.2. The number of nitrogens with zero attached hydrogens (tertiary/aromatic N) is 3. The van der Waals surface area contributed by atoms with Crippen LogP contribution in [0.3, 0.4) is 0 Å². The van der Waals surface area contributed by atoms with Crippen molar-refractivity contribution in [3.8, 4) is 11.4 Å². The molecule has 0 atom stereocenters. The van der Waals surface area contributed by atoms with Crippen LogP contribution in [0.25, 0.3) is 11.4 Å². The lowest BCUT2D eigenvalue weighted by Gasteiger charge is -2.56. The van der Waals surface area contributed by atoms with Crippen LogP contribution in [0.15, 0.2) is 29.4 Å². The highest BCUT2D eigenvalue weighted by Crippen LogP contribution is 2.55. The number of carbonyl (C=O) groups excluding carboxylic acids is 1. The quantitative estimate of drug-likeness (QED) is 0.417. The van der Waals surface area contributed by atoms with Gasteiger partial charge < -0.3 is 14.6 Å². The fourth-order valence-corrected chi connectivity index (χ4v) is 7.52. The van der Waals surface area contributed by atoms with Crippen LogP contribution in [0.1, 0.15) is 44.9 Å². The first kappa shape index (κ1) is 22.2. The number of rotatable bonds is 9. The molecule has 4 bridgehead atoms. The van der Waals surface area contributed by atoms with Crippen molar-refractivity contribution >= 4 is 29.3 Å². The summed E-state index contributed by atoms with van der Waals surface area (Å²) in [5.41, 5.74) is 0.894. The Morgan fingerprint density at radius 3 is 2.53 bits per heavy atom. The summed E-state index contributed by atoms with van der Waals surface area (Å²) in [6.45, 7) is 1.36. The molecule has 1 aromatic heterocycles. The monoisotopic (exact) mass is 474 g/mol. The Morgan fingerprint density at radius 1 is 1.19 bits per heavy atom. The highest BCUT2D eigenvalue weighted by molar-refractivity contribution is 7.99. The lowest BCUT2D eigenvalue weighted by molar-refractivity contribution is -0.124. The molecule has 32 heavy (non-hydrogen) atoms. The van der Waals surface area contributed by atoms with Crippen molar-refractivity contribution in [3.63, 3.8) is 0 Å². The molecule has 1 amide bonds. The molecule has 0 aliphatic heterocycles. The second-order valence-corrected chi connectivity index (χ2v) is 11.2. The highest BCUT2D eigenvalue weighted by Gasteiger charge is 2.51. The van der Waals surface area contributed by atoms with Crippen LogP contribution in [-0.4, -0.2) is 45.7 Å². The fourth-order valence-electron chi connectivity index (χ4n) is 6.53. The summed E-state index contributed by atoms with van der Waals surface area (Å²) in [4.78, 5) is 13.0. The minimum absolute atomic E-state index is 0.0429. The molecule has 4 fully saturated rings. The lowest BCUT2D eigenvalue weighted by Crippen LogP contribution is -2.60. The van der Waals surface area contributed by atoms with Gasteiger partial charge in [0.25, 0.3) is 0 Å². The lowest BCUT2D eigenvalue weighted by atomic mass is 9.53. The molecule has 1 N–H and O–H groups in total. The number of carbonyl (C=O) groups is 1. The van der Waals surface area contributed by atoms with Crippen LogP contribution in [0.2, 0.25) is 5.02 Å². The van der Waals surface area contributed by atoms with Gasteiger partial charge in [-0.1, -0.05) is 35.5 Å². The maximum atomic E-state index is 13.0. The molecule has 0 saturated heterocycles. The van der Waals surface area contributed by atoms with Gasteiger partial charge in [-0.2, -0.15) is 0 Å². The van der Waals surface area contributed by atoms with E-state index in [2.05, 4.69) is 20.1 Å². The largest absolute Gasteiger partial charge is 0.385 e. The number of aromatic nitrogens is 3. The van der Waals surface area contributed by atoms with Gasteiger partial charge in [0.15, 0.2) is 11.0 Å². The fraction of sp³-hybridized carbons (Fsp3) is 0.625. The molecule has 2 aromatic rings. The predicted molar refractivity (Wildman–Crippen MR) is 127 cm³/mol. The minimum atomic E-state index is 0.0429. The number of ether oxygens (including phenoxy) is 1. The van der Waals surface area contributed by atoms with E-state index >= 15 is 0 Å². The number of hydrogen-bond donors (Lipinski definition) is 1. The van der Waals surface area contributed by atoms with Gasteiger partial charge in [0, 0.05) is 31.4 Å². The number of nitrogens with one attached hydrogen (secondary N) is 1. The zero-order valence-electron chi connectivity index (χ0n) is 18.6. The van der Waals surface area contributed by atoms with Crippen molar-refractivity contribution in [1.82, 2.24) is 20.1 Å². The first-order valence-corrected chi connectivity index (χ1v) is 13.0. The van der Waals surface area contributed by atoms with Crippen molar-refractivity contribution in [2.45, 2.75) is 62.2 Å². The Morgan fingerprint density at radius 2 is 1.88 bits per heavy atom. The topological polar surface area (TPSA) is 69.0 Å². The zero-order chi connectivity index (χ0) is 22.1. The number of hydrogen-bond acceptors (Lipinski definition) is 5. The van der Waals surface area contributed by atoms with Gasteiger partial charge in [-0.15, -0.1) is 10.2 Å². The number of amides is 1. The molecular formula is C24H31ClN4O2S. The van der Waals surface area contributed by atoms with E-state index in [9.17, 15) is 4.79 Å². The van der Waals surface area contributed by atoms with Gasteiger partial charge in [-0.25, -0.2) is 0 Å². The average molecular weight is 475 g/mol.